The van der Waals surface area contributed by atoms with Crippen LogP contribution in [-0.4, -0.2) is 82.0 Å². The number of anilines is 1. The van der Waals surface area contributed by atoms with Crippen LogP contribution in [0, 0.1) is 0 Å². The van der Waals surface area contributed by atoms with Gasteiger partial charge in [-0.25, -0.2) is 18.4 Å². The van der Waals surface area contributed by atoms with Gasteiger partial charge in [-0.3, -0.25) is 9.69 Å². The highest BCUT2D eigenvalue weighted by molar-refractivity contribution is 7.91. The monoisotopic (exact) mass is 506 g/mol. The molecule has 2 aromatic rings. The van der Waals surface area contributed by atoms with Gasteiger partial charge in [-0.2, -0.15) is 0 Å². The molecule has 0 bridgehead atoms. The number of aromatic nitrogens is 2. The van der Waals surface area contributed by atoms with Gasteiger partial charge in [0.25, 0.3) is 0 Å². The number of amides is 1. The van der Waals surface area contributed by atoms with Crippen molar-refractivity contribution in [2.24, 2.45) is 0 Å². The molecule has 1 aromatic carbocycles. The molecule has 34 heavy (non-hydrogen) atoms. The lowest BCUT2D eigenvalue weighted by molar-refractivity contribution is -0.124. The molecule has 0 radical (unpaired) electrons. The van der Waals surface area contributed by atoms with E-state index in [0.29, 0.717) is 23.9 Å². The summed E-state index contributed by atoms with van der Waals surface area (Å²) < 4.78 is 34.1. The molecule has 1 aromatic heterocycles. The van der Waals surface area contributed by atoms with Crippen LogP contribution < -0.4 is 9.64 Å². The summed E-state index contributed by atoms with van der Waals surface area (Å²) in [7, 11) is -1.57. The van der Waals surface area contributed by atoms with E-state index in [1.165, 1.54) is 18.6 Å². The molecule has 0 N–H and O–H groups in total. The molecular weight excluding hydrogens is 480 g/mol. The number of piperidine rings is 1. The van der Waals surface area contributed by atoms with Crippen molar-refractivity contribution in [2.75, 3.05) is 57.7 Å². The highest BCUT2D eigenvalue weighted by Gasteiger charge is 2.53. The van der Waals surface area contributed by atoms with Crippen molar-refractivity contribution < 1.29 is 22.7 Å². The fourth-order valence-corrected chi connectivity index (χ4v) is 6.29. The van der Waals surface area contributed by atoms with Gasteiger partial charge < -0.3 is 14.4 Å². The minimum Gasteiger partial charge on any atom is -0.489 e. The summed E-state index contributed by atoms with van der Waals surface area (Å²) in [6, 6.07) is 5.69. The third-order valence-electron chi connectivity index (χ3n) is 7.35. The zero-order valence-corrected chi connectivity index (χ0v) is 20.7. The van der Waals surface area contributed by atoms with E-state index >= 15 is 0 Å². The smallest absolute Gasteiger partial charge is 0.237 e. The molecule has 9 nitrogen and oxygen atoms in total. The van der Waals surface area contributed by atoms with Gasteiger partial charge in [-0.05, 0) is 49.7 Å². The van der Waals surface area contributed by atoms with E-state index in [1.54, 1.807) is 4.90 Å². The van der Waals surface area contributed by atoms with Crippen molar-refractivity contribution in [3.8, 4) is 5.75 Å². The first kappa shape index (κ1) is 23.5. The SMILES string of the molecule is CN1C(=O)C2(CCN(CCOc3cnc(C4(S(C)(=O)=O)COC4)nc3)CC2)c2cc(Cl)ccc21. The van der Waals surface area contributed by atoms with Crippen molar-refractivity contribution in [2.45, 2.75) is 23.0 Å². The molecule has 182 valence electrons. The van der Waals surface area contributed by atoms with Crippen molar-refractivity contribution in [1.29, 1.82) is 0 Å². The van der Waals surface area contributed by atoms with Gasteiger partial charge in [-0.1, -0.05) is 11.6 Å². The molecule has 5 rings (SSSR count). The van der Waals surface area contributed by atoms with E-state index in [9.17, 15) is 13.2 Å². The molecule has 4 heterocycles. The van der Waals surface area contributed by atoms with Crippen LogP contribution in [0.25, 0.3) is 0 Å². The molecule has 0 atom stereocenters. The Morgan fingerprint density at radius 1 is 1.18 bits per heavy atom. The van der Waals surface area contributed by atoms with Gasteiger partial charge >= 0.3 is 0 Å². The first-order chi connectivity index (χ1) is 16.2. The Morgan fingerprint density at radius 2 is 1.85 bits per heavy atom. The van der Waals surface area contributed by atoms with Crippen LogP contribution in [0.3, 0.4) is 0 Å². The predicted octanol–water partition coefficient (Wildman–Crippen LogP) is 1.79. The Labute approximate surface area is 203 Å². The Morgan fingerprint density at radius 3 is 2.44 bits per heavy atom. The lowest BCUT2D eigenvalue weighted by Gasteiger charge is -2.38. The number of rotatable bonds is 6. The maximum absolute atomic E-state index is 13.1. The first-order valence-electron chi connectivity index (χ1n) is 11.2. The van der Waals surface area contributed by atoms with E-state index in [4.69, 9.17) is 21.1 Å². The summed E-state index contributed by atoms with van der Waals surface area (Å²) in [5.41, 5.74) is 1.47. The van der Waals surface area contributed by atoms with Crippen LogP contribution in [0.5, 0.6) is 5.75 Å². The minimum absolute atomic E-state index is 0.0669. The number of hydrogen-bond donors (Lipinski definition) is 0. The normalized spacial score (nSPS) is 21.4. The summed E-state index contributed by atoms with van der Waals surface area (Å²) in [5, 5.41) is 0.651. The number of sulfone groups is 1. The molecule has 0 aliphatic carbocycles. The van der Waals surface area contributed by atoms with Crippen molar-refractivity contribution >= 4 is 33.0 Å². The fourth-order valence-electron chi connectivity index (χ4n) is 5.09. The maximum Gasteiger partial charge on any atom is 0.237 e. The number of benzene rings is 1. The van der Waals surface area contributed by atoms with E-state index in [-0.39, 0.29) is 24.9 Å². The minimum atomic E-state index is -3.39. The molecule has 2 fully saturated rings. The second kappa shape index (κ2) is 8.44. The van der Waals surface area contributed by atoms with Crippen molar-refractivity contribution in [3.63, 3.8) is 0 Å². The van der Waals surface area contributed by atoms with E-state index in [0.717, 1.165) is 37.2 Å². The topological polar surface area (TPSA) is 102 Å². The molecule has 0 unspecified atom stereocenters. The molecule has 0 saturated carbocycles. The Kier molecular flexibility index (Phi) is 5.83. The van der Waals surface area contributed by atoms with Crippen LogP contribution in [0.2, 0.25) is 5.02 Å². The van der Waals surface area contributed by atoms with Gasteiger partial charge in [0.15, 0.2) is 26.2 Å². The van der Waals surface area contributed by atoms with Gasteiger partial charge in [0.1, 0.15) is 6.61 Å². The van der Waals surface area contributed by atoms with Crippen LogP contribution in [0.15, 0.2) is 30.6 Å². The average Bonchev–Trinajstić information content (AvgIpc) is 2.96. The molecule has 1 amide bonds. The first-order valence-corrected chi connectivity index (χ1v) is 13.5. The second-order valence-electron chi connectivity index (χ2n) is 9.30. The Hall–Kier alpha value is -2.27. The van der Waals surface area contributed by atoms with Crippen molar-refractivity contribution in [3.05, 3.63) is 47.0 Å². The average molecular weight is 507 g/mol. The highest BCUT2D eigenvalue weighted by atomic mass is 35.5. The van der Waals surface area contributed by atoms with Crippen LogP contribution >= 0.6 is 11.6 Å². The van der Waals surface area contributed by atoms with E-state index in [2.05, 4.69) is 14.9 Å². The number of likely N-dealkylation sites (tertiary alicyclic amines) is 1. The molecule has 3 aliphatic heterocycles. The number of fused-ring (bicyclic) bond motifs is 2. The van der Waals surface area contributed by atoms with Crippen LogP contribution in [0.1, 0.15) is 24.2 Å². The number of likely N-dealkylation sites (N-methyl/N-ethyl adjacent to an activating group) is 1. The number of halogens is 1. The van der Waals surface area contributed by atoms with E-state index < -0.39 is 20.0 Å². The highest BCUT2D eigenvalue weighted by Crippen LogP contribution is 2.48. The Balaban J connectivity index is 1.17. The van der Waals surface area contributed by atoms with Crippen LogP contribution in [-0.2, 0) is 29.5 Å². The standard InChI is InChI=1S/C23H27ClN4O5S/c1-27-19-4-3-16(24)11-18(19)22(21(27)29)5-7-28(8-6-22)9-10-33-17-12-25-20(26-13-17)23(14-32-15-23)34(2,30)31/h3-4,11-13H,5-10,14-15H2,1-2H3. The predicted molar refractivity (Wildman–Crippen MR) is 127 cm³/mol. The fraction of sp³-hybridized carbons (Fsp3) is 0.522. The van der Waals surface area contributed by atoms with Gasteiger partial charge in [0, 0.05) is 30.6 Å². The summed E-state index contributed by atoms with van der Waals surface area (Å²) in [4.78, 5) is 25.6. The second-order valence-corrected chi connectivity index (χ2v) is 12.1. The number of ether oxygens (including phenoxy) is 2. The molecule has 3 aliphatic rings. The zero-order valence-electron chi connectivity index (χ0n) is 19.2. The van der Waals surface area contributed by atoms with E-state index in [1.807, 2.05) is 25.2 Å². The van der Waals surface area contributed by atoms with Crippen LogP contribution in [0.4, 0.5) is 5.69 Å². The summed E-state index contributed by atoms with van der Waals surface area (Å²) >= 11 is 6.24. The third kappa shape index (κ3) is 3.67. The number of carbonyl (C=O) groups is 1. The number of carbonyl (C=O) groups excluding carboxylic acids is 1. The maximum atomic E-state index is 13.1. The number of nitrogens with zero attached hydrogens (tertiary/aromatic N) is 4. The molecule has 2 saturated heterocycles. The summed E-state index contributed by atoms with van der Waals surface area (Å²) in [5.74, 6) is 0.862. The third-order valence-corrected chi connectivity index (χ3v) is 9.42. The molecular formula is C23H27ClN4O5S. The molecule has 1 spiro atoms. The molecule has 11 heteroatoms. The lowest BCUT2D eigenvalue weighted by Crippen LogP contribution is -2.53. The summed E-state index contributed by atoms with van der Waals surface area (Å²) in [6.07, 6.45) is 5.66. The Bertz CT molecular complexity index is 1210. The van der Waals surface area contributed by atoms with Gasteiger partial charge in [0.05, 0.1) is 31.0 Å². The lowest BCUT2D eigenvalue weighted by atomic mass is 9.73. The van der Waals surface area contributed by atoms with Crippen molar-refractivity contribution in [1.82, 2.24) is 14.9 Å². The summed E-state index contributed by atoms with van der Waals surface area (Å²) in [6.45, 7) is 2.83. The number of hydrogen-bond acceptors (Lipinski definition) is 8. The van der Waals surface area contributed by atoms with Gasteiger partial charge in [-0.15, -0.1) is 0 Å². The quantitative estimate of drug-likeness (QED) is 0.584. The van der Waals surface area contributed by atoms with Gasteiger partial charge in [0.2, 0.25) is 5.91 Å². The zero-order chi connectivity index (χ0) is 24.1. The largest absolute Gasteiger partial charge is 0.489 e.